The summed E-state index contributed by atoms with van der Waals surface area (Å²) >= 11 is 1.46. The molecule has 2 rings (SSSR count). The van der Waals surface area contributed by atoms with Gasteiger partial charge in [-0.1, -0.05) is 20.8 Å². The molecule has 17 heavy (non-hydrogen) atoms. The van der Waals surface area contributed by atoms with Crippen molar-refractivity contribution in [3.05, 3.63) is 5.82 Å². The van der Waals surface area contributed by atoms with Crippen LogP contribution in [0.1, 0.15) is 45.9 Å². The van der Waals surface area contributed by atoms with Crippen LogP contribution in [0.5, 0.6) is 0 Å². The first kappa shape index (κ1) is 12.8. The summed E-state index contributed by atoms with van der Waals surface area (Å²) in [5, 5.41) is 7.78. The molecule has 0 amide bonds. The Bertz CT molecular complexity index is 352. The van der Waals surface area contributed by atoms with Crippen LogP contribution in [0, 0.1) is 0 Å². The number of rotatable bonds is 6. The molecule has 0 unspecified atom stereocenters. The first-order chi connectivity index (χ1) is 8.05. The fraction of sp³-hybridized carbons (Fsp3) is 0.833. The van der Waals surface area contributed by atoms with Gasteiger partial charge >= 0.3 is 0 Å². The highest BCUT2D eigenvalue weighted by atomic mass is 32.1. The molecule has 0 saturated heterocycles. The minimum absolute atomic E-state index is 0.0456. The van der Waals surface area contributed by atoms with Crippen LogP contribution in [-0.2, 0) is 5.41 Å². The molecule has 0 bridgehead atoms. The Morgan fingerprint density at radius 3 is 2.65 bits per heavy atom. The van der Waals surface area contributed by atoms with E-state index in [1.54, 1.807) is 0 Å². The van der Waals surface area contributed by atoms with E-state index in [9.17, 15) is 0 Å². The monoisotopic (exact) mass is 254 g/mol. The van der Waals surface area contributed by atoms with E-state index in [0.717, 1.165) is 36.5 Å². The first-order valence-corrected chi connectivity index (χ1v) is 7.14. The standard InChI is InChI=1S/C12H22N4S/c1-12(2,3)10-15-11(17-16-10)14-8-4-7-13-9-5-6-9/h9,13H,4-8H2,1-3H3,(H,14,15,16). The van der Waals surface area contributed by atoms with Crippen molar-refractivity contribution in [3.63, 3.8) is 0 Å². The van der Waals surface area contributed by atoms with Gasteiger partial charge in [0.1, 0.15) is 5.82 Å². The second-order valence-corrected chi connectivity index (χ2v) is 6.43. The van der Waals surface area contributed by atoms with Gasteiger partial charge in [0.05, 0.1) is 0 Å². The molecular formula is C12H22N4S. The zero-order valence-electron chi connectivity index (χ0n) is 10.9. The molecule has 0 spiro atoms. The maximum Gasteiger partial charge on any atom is 0.202 e. The van der Waals surface area contributed by atoms with Crippen molar-refractivity contribution in [2.45, 2.75) is 51.5 Å². The molecule has 1 aliphatic rings. The first-order valence-electron chi connectivity index (χ1n) is 6.37. The lowest BCUT2D eigenvalue weighted by Gasteiger charge is -2.12. The van der Waals surface area contributed by atoms with Crippen LogP contribution in [0.15, 0.2) is 0 Å². The second-order valence-electron chi connectivity index (χ2n) is 5.68. The highest BCUT2D eigenvalue weighted by Gasteiger charge is 2.20. The van der Waals surface area contributed by atoms with Crippen molar-refractivity contribution in [3.8, 4) is 0 Å². The summed E-state index contributed by atoms with van der Waals surface area (Å²) in [6.45, 7) is 8.48. The zero-order valence-corrected chi connectivity index (χ0v) is 11.7. The minimum Gasteiger partial charge on any atom is -0.360 e. The Balaban J connectivity index is 1.66. The minimum atomic E-state index is 0.0456. The highest BCUT2D eigenvalue weighted by Crippen LogP contribution is 2.22. The van der Waals surface area contributed by atoms with E-state index in [-0.39, 0.29) is 5.41 Å². The van der Waals surface area contributed by atoms with Crippen molar-refractivity contribution in [2.75, 3.05) is 18.4 Å². The molecule has 0 aromatic carbocycles. The summed E-state index contributed by atoms with van der Waals surface area (Å²) in [7, 11) is 0. The summed E-state index contributed by atoms with van der Waals surface area (Å²) in [5.41, 5.74) is 0.0456. The topological polar surface area (TPSA) is 49.8 Å². The van der Waals surface area contributed by atoms with Gasteiger partial charge in [-0.2, -0.15) is 4.37 Å². The number of nitrogens with zero attached hydrogens (tertiary/aromatic N) is 2. The van der Waals surface area contributed by atoms with Crippen molar-refractivity contribution < 1.29 is 0 Å². The molecule has 1 saturated carbocycles. The van der Waals surface area contributed by atoms with E-state index in [1.165, 1.54) is 24.4 Å². The molecule has 1 aromatic heterocycles. The van der Waals surface area contributed by atoms with Gasteiger partial charge in [-0.25, -0.2) is 4.98 Å². The van der Waals surface area contributed by atoms with Crippen LogP contribution in [0.25, 0.3) is 0 Å². The fourth-order valence-electron chi connectivity index (χ4n) is 1.48. The van der Waals surface area contributed by atoms with E-state index < -0.39 is 0 Å². The Labute approximate surface area is 107 Å². The molecule has 0 aliphatic heterocycles. The summed E-state index contributed by atoms with van der Waals surface area (Å²) < 4.78 is 4.38. The predicted octanol–water partition coefficient (Wildman–Crippen LogP) is 2.39. The van der Waals surface area contributed by atoms with Crippen LogP contribution < -0.4 is 10.6 Å². The molecule has 1 aromatic rings. The summed E-state index contributed by atoms with van der Waals surface area (Å²) in [5.74, 6) is 0.932. The number of nitrogens with one attached hydrogen (secondary N) is 2. The second kappa shape index (κ2) is 5.31. The molecule has 1 aliphatic carbocycles. The Kier molecular flexibility index (Phi) is 3.99. The van der Waals surface area contributed by atoms with E-state index in [0.29, 0.717) is 0 Å². The smallest absolute Gasteiger partial charge is 0.202 e. The van der Waals surface area contributed by atoms with Crippen LogP contribution in [0.4, 0.5) is 5.13 Å². The summed E-state index contributed by atoms with van der Waals surface area (Å²) in [6.07, 6.45) is 3.86. The van der Waals surface area contributed by atoms with Crippen molar-refractivity contribution in [1.29, 1.82) is 0 Å². The van der Waals surface area contributed by atoms with Crippen LogP contribution in [0.2, 0.25) is 0 Å². The van der Waals surface area contributed by atoms with Gasteiger partial charge in [-0.15, -0.1) is 0 Å². The molecular weight excluding hydrogens is 232 g/mol. The van der Waals surface area contributed by atoms with Crippen molar-refractivity contribution in [1.82, 2.24) is 14.7 Å². The fourth-order valence-corrected chi connectivity index (χ4v) is 2.26. The maximum absolute atomic E-state index is 4.50. The molecule has 5 heteroatoms. The number of hydrogen-bond donors (Lipinski definition) is 2. The van der Waals surface area contributed by atoms with Crippen LogP contribution in [0.3, 0.4) is 0 Å². The Morgan fingerprint density at radius 2 is 2.06 bits per heavy atom. The quantitative estimate of drug-likeness (QED) is 0.765. The molecule has 0 radical (unpaired) electrons. The third-order valence-electron chi connectivity index (χ3n) is 2.74. The SMILES string of the molecule is CC(C)(C)c1nsc(NCCCNC2CC2)n1. The molecule has 0 atom stereocenters. The summed E-state index contributed by atoms with van der Waals surface area (Å²) in [6, 6.07) is 0.809. The lowest BCUT2D eigenvalue weighted by atomic mass is 9.96. The normalized spacial score (nSPS) is 16.2. The van der Waals surface area contributed by atoms with Gasteiger partial charge in [0.25, 0.3) is 0 Å². The van der Waals surface area contributed by atoms with Crippen LogP contribution in [-0.4, -0.2) is 28.5 Å². The van der Waals surface area contributed by atoms with Gasteiger partial charge in [0, 0.05) is 29.5 Å². The predicted molar refractivity (Wildman–Crippen MR) is 72.7 cm³/mol. The van der Waals surface area contributed by atoms with Crippen LogP contribution >= 0.6 is 11.5 Å². The third-order valence-corrected chi connectivity index (χ3v) is 3.41. The highest BCUT2D eigenvalue weighted by molar-refractivity contribution is 7.09. The lowest BCUT2D eigenvalue weighted by molar-refractivity contribution is 0.555. The molecule has 1 fully saturated rings. The molecule has 2 N–H and O–H groups in total. The largest absolute Gasteiger partial charge is 0.360 e. The molecule has 1 heterocycles. The van der Waals surface area contributed by atoms with Crippen molar-refractivity contribution in [2.24, 2.45) is 0 Å². The van der Waals surface area contributed by atoms with Gasteiger partial charge in [0.15, 0.2) is 0 Å². The van der Waals surface area contributed by atoms with E-state index in [1.807, 2.05) is 0 Å². The maximum atomic E-state index is 4.50. The number of aromatic nitrogens is 2. The van der Waals surface area contributed by atoms with E-state index in [2.05, 4.69) is 40.8 Å². The van der Waals surface area contributed by atoms with Gasteiger partial charge in [-0.3, -0.25) is 0 Å². The summed E-state index contributed by atoms with van der Waals surface area (Å²) in [4.78, 5) is 4.50. The Morgan fingerprint density at radius 1 is 1.29 bits per heavy atom. The Hall–Kier alpha value is -0.680. The van der Waals surface area contributed by atoms with E-state index >= 15 is 0 Å². The lowest BCUT2D eigenvalue weighted by Crippen LogP contribution is -2.20. The molecule has 96 valence electrons. The van der Waals surface area contributed by atoms with Crippen molar-refractivity contribution >= 4 is 16.7 Å². The van der Waals surface area contributed by atoms with Gasteiger partial charge in [0.2, 0.25) is 5.13 Å². The average Bonchev–Trinajstić information content (AvgIpc) is 2.92. The van der Waals surface area contributed by atoms with Gasteiger partial charge < -0.3 is 10.6 Å². The zero-order chi connectivity index (χ0) is 12.3. The number of anilines is 1. The molecule has 4 nitrogen and oxygen atoms in total. The number of hydrogen-bond acceptors (Lipinski definition) is 5. The van der Waals surface area contributed by atoms with Gasteiger partial charge in [-0.05, 0) is 25.8 Å². The average molecular weight is 254 g/mol. The third kappa shape index (κ3) is 4.24. The van der Waals surface area contributed by atoms with E-state index in [4.69, 9.17) is 0 Å².